The molecule has 0 unspecified atom stereocenters. The van der Waals surface area contributed by atoms with E-state index >= 15 is 0 Å². The molecule has 2 aromatic rings. The summed E-state index contributed by atoms with van der Waals surface area (Å²) >= 11 is 0. The lowest BCUT2D eigenvalue weighted by atomic mass is 9.96. The Morgan fingerprint density at radius 1 is 1.23 bits per heavy atom. The number of aromatic nitrogens is 3. The molecule has 6 nitrogen and oxygen atoms in total. The van der Waals surface area contributed by atoms with Crippen molar-refractivity contribution in [1.82, 2.24) is 20.3 Å². The molecule has 1 aliphatic heterocycles. The maximum Gasteiger partial charge on any atom is 0.433 e. The first-order valence-corrected chi connectivity index (χ1v) is 8.25. The molecule has 3 heterocycles. The van der Waals surface area contributed by atoms with Gasteiger partial charge in [-0.15, -0.1) is 0 Å². The van der Waals surface area contributed by atoms with E-state index in [1.165, 1.54) is 0 Å². The van der Waals surface area contributed by atoms with Gasteiger partial charge in [-0.2, -0.15) is 13.2 Å². The fraction of sp³-hybridized carbons (Fsp3) is 0.412. The normalized spacial score (nSPS) is 15.7. The van der Waals surface area contributed by atoms with Crippen molar-refractivity contribution in [3.8, 4) is 0 Å². The van der Waals surface area contributed by atoms with E-state index in [1.54, 1.807) is 23.4 Å². The van der Waals surface area contributed by atoms with Gasteiger partial charge in [0, 0.05) is 44.1 Å². The highest BCUT2D eigenvalue weighted by Gasteiger charge is 2.34. The zero-order valence-electron chi connectivity index (χ0n) is 13.9. The SMILES string of the molecule is O=C(NCc1cccnc1)C1CCN(c2nccc(C(F)(F)F)n2)CC1. The van der Waals surface area contributed by atoms with Gasteiger partial charge in [-0.1, -0.05) is 6.07 Å². The number of halogens is 3. The molecule has 1 amide bonds. The predicted octanol–water partition coefficient (Wildman–Crippen LogP) is 2.42. The number of nitrogens with zero attached hydrogens (tertiary/aromatic N) is 4. The van der Waals surface area contributed by atoms with Crippen LogP contribution in [-0.2, 0) is 17.5 Å². The maximum absolute atomic E-state index is 12.8. The molecule has 1 fully saturated rings. The van der Waals surface area contributed by atoms with Crippen LogP contribution in [0.1, 0.15) is 24.1 Å². The monoisotopic (exact) mass is 365 g/mol. The average molecular weight is 365 g/mol. The number of anilines is 1. The molecule has 0 aromatic carbocycles. The number of carbonyl (C=O) groups excluding carboxylic acids is 1. The van der Waals surface area contributed by atoms with E-state index in [2.05, 4.69) is 20.3 Å². The summed E-state index contributed by atoms with van der Waals surface area (Å²) in [5.74, 6) is -0.179. The van der Waals surface area contributed by atoms with Crippen LogP contribution in [0.25, 0.3) is 0 Å². The molecule has 9 heteroatoms. The molecule has 3 rings (SSSR count). The van der Waals surface area contributed by atoms with E-state index in [1.807, 2.05) is 6.07 Å². The van der Waals surface area contributed by atoms with Crippen molar-refractivity contribution in [3.05, 3.63) is 48.0 Å². The highest BCUT2D eigenvalue weighted by Crippen LogP contribution is 2.29. The molecule has 26 heavy (non-hydrogen) atoms. The van der Waals surface area contributed by atoms with Crippen LogP contribution in [0, 0.1) is 5.92 Å². The Morgan fingerprint density at radius 2 is 2.00 bits per heavy atom. The van der Waals surface area contributed by atoms with E-state index in [9.17, 15) is 18.0 Å². The molecule has 0 bridgehead atoms. The van der Waals surface area contributed by atoms with E-state index < -0.39 is 11.9 Å². The topological polar surface area (TPSA) is 71.0 Å². The fourth-order valence-electron chi connectivity index (χ4n) is 2.84. The number of nitrogens with one attached hydrogen (secondary N) is 1. The summed E-state index contributed by atoms with van der Waals surface area (Å²) < 4.78 is 38.3. The molecule has 1 N–H and O–H groups in total. The molecule has 0 aliphatic carbocycles. The summed E-state index contributed by atoms with van der Waals surface area (Å²) in [6.07, 6.45) is 1.04. The van der Waals surface area contributed by atoms with Crippen LogP contribution < -0.4 is 10.2 Å². The molecule has 0 spiro atoms. The van der Waals surface area contributed by atoms with Crippen LogP contribution in [0.3, 0.4) is 0 Å². The summed E-state index contributed by atoms with van der Waals surface area (Å²) in [5, 5.41) is 2.87. The van der Waals surface area contributed by atoms with Crippen molar-refractivity contribution in [1.29, 1.82) is 0 Å². The lowest BCUT2D eigenvalue weighted by molar-refractivity contribution is -0.141. The number of amides is 1. The first-order valence-electron chi connectivity index (χ1n) is 8.25. The number of carbonyl (C=O) groups is 1. The molecule has 2 aromatic heterocycles. The lowest BCUT2D eigenvalue weighted by Gasteiger charge is -2.31. The second-order valence-corrected chi connectivity index (χ2v) is 6.08. The van der Waals surface area contributed by atoms with Crippen LogP contribution in [0.4, 0.5) is 19.1 Å². The third kappa shape index (κ3) is 4.47. The van der Waals surface area contributed by atoms with Gasteiger partial charge in [0.1, 0.15) is 5.69 Å². The Hall–Kier alpha value is -2.71. The predicted molar refractivity (Wildman–Crippen MR) is 88.1 cm³/mol. The zero-order valence-corrected chi connectivity index (χ0v) is 13.9. The second-order valence-electron chi connectivity index (χ2n) is 6.08. The van der Waals surface area contributed by atoms with Gasteiger partial charge in [0.15, 0.2) is 0 Å². The second kappa shape index (κ2) is 7.67. The third-order valence-electron chi connectivity index (χ3n) is 4.27. The Bertz CT molecular complexity index is 746. The standard InChI is InChI=1S/C17H18F3N5O/c18-17(19,20)14-3-7-22-16(24-14)25-8-4-13(5-9-25)15(26)23-11-12-2-1-6-21-10-12/h1-3,6-7,10,13H,4-5,8-9,11H2,(H,23,26). The molecule has 0 radical (unpaired) electrons. The number of hydrogen-bond acceptors (Lipinski definition) is 5. The molecule has 1 aliphatic rings. The van der Waals surface area contributed by atoms with E-state index in [4.69, 9.17) is 0 Å². The largest absolute Gasteiger partial charge is 0.433 e. The number of piperidine rings is 1. The summed E-state index contributed by atoms with van der Waals surface area (Å²) in [5.41, 5.74) is -0.0468. The van der Waals surface area contributed by atoms with E-state index in [-0.39, 0.29) is 17.8 Å². The van der Waals surface area contributed by atoms with E-state index in [0.29, 0.717) is 32.5 Å². The van der Waals surface area contributed by atoms with Crippen molar-refractivity contribution in [2.45, 2.75) is 25.6 Å². The van der Waals surface area contributed by atoms with Gasteiger partial charge in [-0.25, -0.2) is 9.97 Å². The van der Waals surface area contributed by atoms with Crippen LogP contribution in [0.5, 0.6) is 0 Å². The van der Waals surface area contributed by atoms with Gasteiger partial charge in [-0.05, 0) is 30.5 Å². The van der Waals surface area contributed by atoms with Gasteiger partial charge in [-0.3, -0.25) is 9.78 Å². The van der Waals surface area contributed by atoms with Gasteiger partial charge in [0.25, 0.3) is 0 Å². The summed E-state index contributed by atoms with van der Waals surface area (Å²) in [6, 6.07) is 4.53. The smallest absolute Gasteiger partial charge is 0.352 e. The first kappa shape index (κ1) is 18.1. The third-order valence-corrected chi connectivity index (χ3v) is 4.27. The Balaban J connectivity index is 1.53. The summed E-state index contributed by atoms with van der Waals surface area (Å²) in [6.45, 7) is 1.28. The highest BCUT2D eigenvalue weighted by molar-refractivity contribution is 5.78. The molecule has 0 saturated carbocycles. The Labute approximate surface area is 148 Å². The molecule has 1 saturated heterocycles. The van der Waals surface area contributed by atoms with Gasteiger partial charge in [0.2, 0.25) is 11.9 Å². The first-order chi connectivity index (χ1) is 12.4. The lowest BCUT2D eigenvalue weighted by Crippen LogP contribution is -2.41. The van der Waals surface area contributed by atoms with Crippen LogP contribution >= 0.6 is 0 Å². The minimum atomic E-state index is -4.50. The van der Waals surface area contributed by atoms with Crippen molar-refractivity contribution in [2.75, 3.05) is 18.0 Å². The molecule has 138 valence electrons. The van der Waals surface area contributed by atoms with Crippen molar-refractivity contribution in [2.24, 2.45) is 5.92 Å². The van der Waals surface area contributed by atoms with Crippen molar-refractivity contribution in [3.63, 3.8) is 0 Å². The van der Waals surface area contributed by atoms with Crippen molar-refractivity contribution < 1.29 is 18.0 Å². The van der Waals surface area contributed by atoms with Gasteiger partial charge >= 0.3 is 6.18 Å². The molecular weight excluding hydrogens is 347 g/mol. The highest BCUT2D eigenvalue weighted by atomic mass is 19.4. The number of alkyl halides is 3. The number of hydrogen-bond donors (Lipinski definition) is 1. The zero-order chi connectivity index (χ0) is 18.6. The molecule has 0 atom stereocenters. The van der Waals surface area contributed by atoms with Gasteiger partial charge in [0.05, 0.1) is 0 Å². The fourth-order valence-corrected chi connectivity index (χ4v) is 2.84. The number of pyridine rings is 1. The van der Waals surface area contributed by atoms with Crippen LogP contribution in [0.15, 0.2) is 36.8 Å². The van der Waals surface area contributed by atoms with E-state index in [0.717, 1.165) is 17.8 Å². The van der Waals surface area contributed by atoms with Crippen molar-refractivity contribution >= 4 is 11.9 Å². The number of rotatable bonds is 4. The average Bonchev–Trinajstić information content (AvgIpc) is 2.66. The van der Waals surface area contributed by atoms with Crippen LogP contribution in [-0.4, -0.2) is 33.9 Å². The minimum absolute atomic E-state index is 0.0500. The quantitative estimate of drug-likeness (QED) is 0.901. The molecular formula is C17H18F3N5O. The Morgan fingerprint density at radius 3 is 2.65 bits per heavy atom. The maximum atomic E-state index is 12.8. The van der Waals surface area contributed by atoms with Gasteiger partial charge < -0.3 is 10.2 Å². The summed E-state index contributed by atoms with van der Waals surface area (Å²) in [4.78, 5) is 25.5. The minimum Gasteiger partial charge on any atom is -0.352 e. The van der Waals surface area contributed by atoms with Crippen LogP contribution in [0.2, 0.25) is 0 Å². The summed E-state index contributed by atoms with van der Waals surface area (Å²) in [7, 11) is 0. The Kier molecular flexibility index (Phi) is 5.34.